The van der Waals surface area contributed by atoms with Gasteiger partial charge in [-0.25, -0.2) is 9.18 Å². The first-order chi connectivity index (χ1) is 7.52. The highest BCUT2D eigenvalue weighted by Crippen LogP contribution is 2.13. The van der Waals surface area contributed by atoms with Gasteiger partial charge in [0.25, 0.3) is 5.56 Å². The molecule has 2 heterocycles. The Morgan fingerprint density at radius 3 is 2.71 bits per heavy atom. The maximum absolute atomic E-state index is 13.6. The summed E-state index contributed by atoms with van der Waals surface area (Å²) in [5, 5.41) is 8.74. The Morgan fingerprint density at radius 2 is 2.12 bits per heavy atom. The summed E-state index contributed by atoms with van der Waals surface area (Å²) in [6, 6.07) is 3.97. The zero-order valence-electron chi connectivity index (χ0n) is 8.81. The average molecular weight is 258 g/mol. The molecule has 17 heavy (non-hydrogen) atoms. The first kappa shape index (κ1) is 13.2. The van der Waals surface area contributed by atoms with Gasteiger partial charge in [-0.05, 0) is 24.6 Å². The van der Waals surface area contributed by atoms with Gasteiger partial charge in [0.15, 0.2) is 0 Å². The topological polar surface area (TPSA) is 58.8 Å². The summed E-state index contributed by atoms with van der Waals surface area (Å²) in [6.07, 6.45) is 1.35. The van der Waals surface area contributed by atoms with Crippen LogP contribution in [-0.4, -0.2) is 15.5 Å². The van der Waals surface area contributed by atoms with Crippen LogP contribution in [0.2, 0.25) is 0 Å². The zero-order chi connectivity index (χ0) is 11.9. The molecule has 0 atom stereocenters. The molecule has 0 amide bonds. The standard InChI is InChI=1S/C11H8FNO3.ClH/c1-6-3-2-4-13-9(6)8(12)5-7(10(13)14)11(15)16;/h2-5H,1H3,(H,15,16);1H. The van der Waals surface area contributed by atoms with E-state index in [-0.39, 0.29) is 17.9 Å². The van der Waals surface area contributed by atoms with Gasteiger partial charge in [0.05, 0.1) is 5.52 Å². The minimum Gasteiger partial charge on any atom is -0.477 e. The smallest absolute Gasteiger partial charge is 0.341 e. The predicted octanol–water partition coefficient (Wildman–Crippen LogP) is 1.87. The Kier molecular flexibility index (Phi) is 3.53. The predicted molar refractivity (Wildman–Crippen MR) is 62.6 cm³/mol. The molecule has 0 saturated carbocycles. The molecule has 2 aromatic heterocycles. The van der Waals surface area contributed by atoms with E-state index in [4.69, 9.17) is 5.11 Å². The van der Waals surface area contributed by atoms with Crippen LogP contribution in [0.25, 0.3) is 5.52 Å². The number of pyridine rings is 2. The normalized spacial score (nSPS) is 10.0. The van der Waals surface area contributed by atoms with Crippen molar-refractivity contribution in [1.82, 2.24) is 4.40 Å². The van der Waals surface area contributed by atoms with Crippen LogP contribution in [0.5, 0.6) is 0 Å². The summed E-state index contributed by atoms with van der Waals surface area (Å²) in [5.41, 5.74) is -0.611. The second-order valence-corrected chi connectivity index (χ2v) is 3.43. The molecule has 0 spiro atoms. The van der Waals surface area contributed by atoms with Gasteiger partial charge in [-0.15, -0.1) is 12.4 Å². The Morgan fingerprint density at radius 1 is 1.47 bits per heavy atom. The molecule has 0 unspecified atom stereocenters. The molecule has 0 fully saturated rings. The third-order valence-electron chi connectivity index (χ3n) is 2.37. The van der Waals surface area contributed by atoms with Crippen molar-refractivity contribution in [2.24, 2.45) is 0 Å². The monoisotopic (exact) mass is 257 g/mol. The van der Waals surface area contributed by atoms with Crippen molar-refractivity contribution in [3.8, 4) is 0 Å². The number of hydrogen-bond acceptors (Lipinski definition) is 2. The minimum atomic E-state index is -1.43. The van der Waals surface area contributed by atoms with E-state index >= 15 is 0 Å². The van der Waals surface area contributed by atoms with Crippen molar-refractivity contribution in [2.45, 2.75) is 6.92 Å². The number of aromatic carboxylic acids is 1. The van der Waals surface area contributed by atoms with E-state index in [1.807, 2.05) is 0 Å². The van der Waals surface area contributed by atoms with Crippen LogP contribution in [0.15, 0.2) is 29.2 Å². The molecule has 90 valence electrons. The van der Waals surface area contributed by atoms with Gasteiger partial charge in [-0.1, -0.05) is 6.07 Å². The van der Waals surface area contributed by atoms with Gasteiger partial charge in [0.1, 0.15) is 11.4 Å². The fourth-order valence-corrected chi connectivity index (χ4v) is 1.63. The van der Waals surface area contributed by atoms with E-state index in [0.717, 1.165) is 10.5 Å². The first-order valence-electron chi connectivity index (χ1n) is 4.56. The maximum atomic E-state index is 13.6. The van der Waals surface area contributed by atoms with Crippen molar-refractivity contribution < 1.29 is 14.3 Å². The number of aryl methyl sites for hydroxylation is 1. The van der Waals surface area contributed by atoms with E-state index in [0.29, 0.717) is 5.56 Å². The lowest BCUT2D eigenvalue weighted by Gasteiger charge is -2.06. The molecule has 0 saturated heterocycles. The summed E-state index contributed by atoms with van der Waals surface area (Å²) >= 11 is 0. The lowest BCUT2D eigenvalue weighted by molar-refractivity contribution is 0.0694. The van der Waals surface area contributed by atoms with Gasteiger partial charge in [-0.2, -0.15) is 0 Å². The highest BCUT2D eigenvalue weighted by Gasteiger charge is 2.15. The van der Waals surface area contributed by atoms with Crippen molar-refractivity contribution in [3.63, 3.8) is 0 Å². The zero-order valence-corrected chi connectivity index (χ0v) is 9.62. The Labute approximate surface area is 102 Å². The molecule has 6 heteroatoms. The fraction of sp³-hybridized carbons (Fsp3) is 0.0909. The second-order valence-electron chi connectivity index (χ2n) is 3.43. The molecule has 1 N–H and O–H groups in total. The van der Waals surface area contributed by atoms with Gasteiger partial charge in [0.2, 0.25) is 0 Å². The maximum Gasteiger partial charge on any atom is 0.341 e. The summed E-state index contributed by atoms with van der Waals surface area (Å²) < 4.78 is 14.6. The van der Waals surface area contributed by atoms with Crippen molar-refractivity contribution in [1.29, 1.82) is 0 Å². The summed E-state index contributed by atoms with van der Waals surface area (Å²) in [6.45, 7) is 1.65. The third kappa shape index (κ3) is 2.01. The first-order valence-corrected chi connectivity index (χ1v) is 4.56. The number of fused-ring (bicyclic) bond motifs is 1. The number of halogens is 2. The molecule has 4 nitrogen and oxygen atoms in total. The second kappa shape index (κ2) is 4.55. The van der Waals surface area contributed by atoms with Crippen LogP contribution in [-0.2, 0) is 0 Å². The SMILES string of the molecule is Cc1cccn2c(=O)c(C(=O)O)cc(F)c12.Cl. The van der Waals surface area contributed by atoms with Crippen LogP contribution in [0.3, 0.4) is 0 Å². The molecular formula is C11H9ClFNO3. The summed E-state index contributed by atoms with van der Waals surface area (Å²) in [4.78, 5) is 22.4. The lowest BCUT2D eigenvalue weighted by Crippen LogP contribution is -2.23. The molecular weight excluding hydrogens is 249 g/mol. The number of carboxylic acid groups (broad SMARTS) is 1. The number of carboxylic acids is 1. The van der Waals surface area contributed by atoms with E-state index in [1.54, 1.807) is 19.1 Å². The quantitative estimate of drug-likeness (QED) is 0.848. The molecule has 0 aliphatic carbocycles. The number of aromatic nitrogens is 1. The lowest BCUT2D eigenvalue weighted by atomic mass is 10.2. The third-order valence-corrected chi connectivity index (χ3v) is 2.37. The molecule has 0 aliphatic heterocycles. The number of rotatable bonds is 1. The van der Waals surface area contributed by atoms with E-state index in [2.05, 4.69) is 0 Å². The molecule has 2 rings (SSSR count). The largest absolute Gasteiger partial charge is 0.477 e. The minimum absolute atomic E-state index is 0. The van der Waals surface area contributed by atoms with E-state index < -0.39 is 22.9 Å². The molecule has 2 aromatic rings. The Hall–Kier alpha value is -1.88. The Balaban J connectivity index is 0.00000144. The number of carbonyl (C=O) groups is 1. The van der Waals surface area contributed by atoms with Crippen molar-refractivity contribution >= 4 is 23.9 Å². The van der Waals surface area contributed by atoms with Crippen LogP contribution < -0.4 is 5.56 Å². The number of nitrogens with zero attached hydrogens (tertiary/aromatic N) is 1. The Bertz CT molecular complexity index is 651. The van der Waals surface area contributed by atoms with Gasteiger partial charge >= 0.3 is 5.97 Å². The summed E-state index contributed by atoms with van der Waals surface area (Å²) in [5.74, 6) is -2.14. The molecule has 0 radical (unpaired) electrons. The van der Waals surface area contributed by atoms with Crippen LogP contribution >= 0.6 is 12.4 Å². The molecule has 0 bridgehead atoms. The van der Waals surface area contributed by atoms with E-state index in [1.165, 1.54) is 6.20 Å². The molecule has 0 aliphatic rings. The summed E-state index contributed by atoms with van der Waals surface area (Å²) in [7, 11) is 0. The van der Waals surface area contributed by atoms with E-state index in [9.17, 15) is 14.0 Å². The molecule has 0 aromatic carbocycles. The average Bonchev–Trinajstić information content (AvgIpc) is 2.22. The van der Waals surface area contributed by atoms with Gasteiger partial charge in [-0.3, -0.25) is 9.20 Å². The highest BCUT2D eigenvalue weighted by atomic mass is 35.5. The van der Waals surface area contributed by atoms with Gasteiger partial charge in [0, 0.05) is 6.20 Å². The van der Waals surface area contributed by atoms with Crippen LogP contribution in [0.4, 0.5) is 4.39 Å². The van der Waals surface area contributed by atoms with Crippen molar-refractivity contribution in [2.75, 3.05) is 0 Å². The van der Waals surface area contributed by atoms with Crippen LogP contribution in [0.1, 0.15) is 15.9 Å². The fourth-order valence-electron chi connectivity index (χ4n) is 1.63. The van der Waals surface area contributed by atoms with Crippen molar-refractivity contribution in [3.05, 3.63) is 51.7 Å². The van der Waals surface area contributed by atoms with Crippen LogP contribution in [0, 0.1) is 12.7 Å². The number of hydrogen-bond donors (Lipinski definition) is 1. The highest BCUT2D eigenvalue weighted by molar-refractivity contribution is 5.87. The van der Waals surface area contributed by atoms with Gasteiger partial charge < -0.3 is 5.11 Å².